The van der Waals surface area contributed by atoms with Crippen LogP contribution in [0.4, 0.5) is 13.2 Å². The van der Waals surface area contributed by atoms with Gasteiger partial charge in [-0.15, -0.1) is 5.10 Å². The van der Waals surface area contributed by atoms with E-state index in [4.69, 9.17) is 5.11 Å². The van der Waals surface area contributed by atoms with E-state index >= 15 is 0 Å². The molecular formula is C21H33F3N4O2. The van der Waals surface area contributed by atoms with Crippen molar-refractivity contribution in [2.24, 2.45) is 5.92 Å². The molecule has 0 amide bonds. The number of aromatic nitrogens is 3. The molecule has 1 fully saturated rings. The fourth-order valence-electron chi connectivity index (χ4n) is 2.89. The number of aliphatic hydroxyl groups excluding tert-OH is 1. The second-order valence-electron chi connectivity index (χ2n) is 7.10. The predicted octanol–water partition coefficient (Wildman–Crippen LogP) is 3.60. The quantitative estimate of drug-likeness (QED) is 0.675. The number of piperidine rings is 1. The van der Waals surface area contributed by atoms with Crippen LogP contribution in [0.15, 0.2) is 36.7 Å². The van der Waals surface area contributed by atoms with Gasteiger partial charge in [0.15, 0.2) is 0 Å². The molecule has 1 aromatic carbocycles. The van der Waals surface area contributed by atoms with Crippen LogP contribution in [-0.4, -0.2) is 44.9 Å². The number of hydrogen-bond donors (Lipinski definition) is 3. The van der Waals surface area contributed by atoms with Crippen LogP contribution in [0, 0.1) is 5.92 Å². The molecule has 170 valence electrons. The van der Waals surface area contributed by atoms with Crippen molar-refractivity contribution in [3.8, 4) is 0 Å². The Labute approximate surface area is 176 Å². The van der Waals surface area contributed by atoms with Gasteiger partial charge in [-0.1, -0.05) is 38.1 Å². The molecule has 0 spiro atoms. The summed E-state index contributed by atoms with van der Waals surface area (Å²) in [5.41, 5.74) is -1.11. The van der Waals surface area contributed by atoms with E-state index in [-0.39, 0.29) is 6.61 Å². The molecule has 30 heavy (non-hydrogen) atoms. The van der Waals surface area contributed by atoms with E-state index in [1.807, 2.05) is 27.0 Å². The zero-order valence-electron chi connectivity index (χ0n) is 17.9. The summed E-state index contributed by atoms with van der Waals surface area (Å²) >= 11 is 0. The van der Waals surface area contributed by atoms with Crippen LogP contribution in [0.1, 0.15) is 51.2 Å². The van der Waals surface area contributed by atoms with Crippen LogP contribution in [0.25, 0.3) is 0 Å². The molecule has 0 unspecified atom stereocenters. The molecule has 0 radical (unpaired) electrons. The maximum Gasteiger partial charge on any atom is 0.416 e. The molecular weight excluding hydrogens is 397 g/mol. The Morgan fingerprint density at radius 3 is 2.23 bits per heavy atom. The summed E-state index contributed by atoms with van der Waals surface area (Å²) in [5, 5.41) is 29.6. The Kier molecular flexibility index (Phi) is 11.0. The SMILES string of the molecule is CC.C[C@H](CO)CCn1ccnn1.OC1(c2ccc(C(F)(F)F)cc2)CCNCC1. The lowest BCUT2D eigenvalue weighted by molar-refractivity contribution is -0.137. The van der Waals surface area contributed by atoms with Crippen molar-refractivity contribution in [2.75, 3.05) is 19.7 Å². The number of rotatable bonds is 5. The maximum absolute atomic E-state index is 12.4. The molecule has 0 aliphatic carbocycles. The highest BCUT2D eigenvalue weighted by atomic mass is 19.4. The van der Waals surface area contributed by atoms with Crippen LogP contribution in [0.3, 0.4) is 0 Å². The second kappa shape index (κ2) is 12.7. The number of hydrogen-bond acceptors (Lipinski definition) is 5. The fourth-order valence-corrected chi connectivity index (χ4v) is 2.89. The highest BCUT2D eigenvalue weighted by Gasteiger charge is 2.33. The fraction of sp³-hybridized carbons (Fsp3) is 0.619. The molecule has 0 saturated carbocycles. The van der Waals surface area contributed by atoms with Gasteiger partial charge < -0.3 is 15.5 Å². The average Bonchev–Trinajstić information content (AvgIpc) is 3.28. The van der Waals surface area contributed by atoms with Crippen LogP contribution >= 0.6 is 0 Å². The Morgan fingerprint density at radius 2 is 1.77 bits per heavy atom. The summed E-state index contributed by atoms with van der Waals surface area (Å²) in [6.07, 6.45) is 1.15. The molecule has 6 nitrogen and oxygen atoms in total. The van der Waals surface area contributed by atoms with Crippen LogP contribution in [-0.2, 0) is 18.3 Å². The third kappa shape index (κ3) is 8.41. The zero-order valence-corrected chi connectivity index (χ0v) is 17.9. The standard InChI is InChI=1S/C12H14F3NO.C7H13N3O.C2H6/c13-12(14,15)10-3-1-9(2-4-10)11(17)5-7-16-8-6-11;1-7(6-11)2-4-10-5-3-8-9-10;1-2/h1-4,16-17H,5-8H2;3,5,7,11H,2,4,6H2,1H3;1-2H3/t;7-;/m.0./s1. The zero-order chi connectivity index (χ0) is 22.6. The van der Waals surface area contributed by atoms with Crippen LogP contribution in [0.5, 0.6) is 0 Å². The van der Waals surface area contributed by atoms with Gasteiger partial charge in [0.05, 0.1) is 17.4 Å². The minimum Gasteiger partial charge on any atom is -0.396 e. The minimum absolute atomic E-state index is 0.245. The number of nitrogens with one attached hydrogen (secondary N) is 1. The van der Waals surface area contributed by atoms with Gasteiger partial charge in [-0.25, -0.2) is 0 Å². The first-order chi connectivity index (χ1) is 14.2. The lowest BCUT2D eigenvalue weighted by atomic mass is 9.85. The molecule has 3 rings (SSSR count). The van der Waals surface area contributed by atoms with Gasteiger partial charge in [0.2, 0.25) is 0 Å². The van der Waals surface area contributed by atoms with Gasteiger partial charge >= 0.3 is 6.18 Å². The van der Waals surface area contributed by atoms with Gasteiger partial charge in [-0.2, -0.15) is 13.2 Å². The maximum atomic E-state index is 12.4. The molecule has 1 aliphatic heterocycles. The summed E-state index contributed by atoms with van der Waals surface area (Å²) in [7, 11) is 0. The average molecular weight is 431 g/mol. The van der Waals surface area contributed by atoms with Crippen molar-refractivity contribution in [3.05, 3.63) is 47.8 Å². The molecule has 0 bridgehead atoms. The summed E-state index contributed by atoms with van der Waals surface area (Å²) in [5.74, 6) is 0.346. The van der Waals surface area contributed by atoms with Crippen molar-refractivity contribution in [1.82, 2.24) is 20.3 Å². The minimum atomic E-state index is -4.32. The number of alkyl halides is 3. The number of aliphatic hydroxyl groups is 2. The Balaban J connectivity index is 0.000000300. The van der Waals surface area contributed by atoms with E-state index in [9.17, 15) is 18.3 Å². The van der Waals surface area contributed by atoms with E-state index in [1.165, 1.54) is 12.1 Å². The van der Waals surface area contributed by atoms with E-state index in [1.54, 1.807) is 10.9 Å². The van der Waals surface area contributed by atoms with E-state index in [0.717, 1.165) is 25.1 Å². The highest BCUT2D eigenvalue weighted by Crippen LogP contribution is 2.34. The van der Waals surface area contributed by atoms with Crippen LogP contribution in [0.2, 0.25) is 0 Å². The Morgan fingerprint density at radius 1 is 1.17 bits per heavy atom. The Hall–Kier alpha value is -1.97. The molecule has 2 aromatic rings. The lowest BCUT2D eigenvalue weighted by Crippen LogP contribution is -2.39. The third-order valence-corrected chi connectivity index (χ3v) is 4.81. The summed E-state index contributed by atoms with van der Waals surface area (Å²) < 4.78 is 38.9. The molecule has 2 heterocycles. The number of benzene rings is 1. The molecule has 3 N–H and O–H groups in total. The Bertz CT molecular complexity index is 685. The van der Waals surface area contributed by atoms with Gasteiger partial charge in [0.25, 0.3) is 0 Å². The van der Waals surface area contributed by atoms with Crippen molar-refractivity contribution < 1.29 is 23.4 Å². The number of halogens is 3. The monoisotopic (exact) mass is 430 g/mol. The van der Waals surface area contributed by atoms with Gasteiger partial charge in [-0.05, 0) is 56.0 Å². The normalized spacial score (nSPS) is 16.5. The van der Waals surface area contributed by atoms with E-state index < -0.39 is 17.3 Å². The first kappa shape index (κ1) is 26.1. The molecule has 1 aromatic heterocycles. The molecule has 1 aliphatic rings. The number of aryl methyl sites for hydroxylation is 1. The van der Waals surface area contributed by atoms with Gasteiger partial charge in [0, 0.05) is 19.3 Å². The summed E-state index contributed by atoms with van der Waals surface area (Å²) in [6, 6.07) is 4.78. The summed E-state index contributed by atoms with van der Waals surface area (Å²) in [4.78, 5) is 0. The van der Waals surface area contributed by atoms with Gasteiger partial charge in [0.1, 0.15) is 0 Å². The largest absolute Gasteiger partial charge is 0.416 e. The van der Waals surface area contributed by atoms with Crippen molar-refractivity contribution >= 4 is 0 Å². The van der Waals surface area contributed by atoms with Crippen molar-refractivity contribution in [2.45, 2.75) is 58.4 Å². The van der Waals surface area contributed by atoms with Gasteiger partial charge in [-0.3, -0.25) is 4.68 Å². The van der Waals surface area contributed by atoms with E-state index in [2.05, 4.69) is 15.6 Å². The predicted molar refractivity (Wildman–Crippen MR) is 110 cm³/mol. The van der Waals surface area contributed by atoms with Crippen molar-refractivity contribution in [1.29, 1.82) is 0 Å². The topological polar surface area (TPSA) is 83.2 Å². The molecule has 9 heteroatoms. The first-order valence-corrected chi connectivity index (χ1v) is 10.3. The molecule has 1 saturated heterocycles. The second-order valence-corrected chi connectivity index (χ2v) is 7.10. The van der Waals surface area contributed by atoms with Crippen molar-refractivity contribution in [3.63, 3.8) is 0 Å². The van der Waals surface area contributed by atoms with Crippen LogP contribution < -0.4 is 5.32 Å². The van der Waals surface area contributed by atoms with E-state index in [0.29, 0.717) is 37.4 Å². The number of nitrogens with zero attached hydrogens (tertiary/aromatic N) is 3. The third-order valence-electron chi connectivity index (χ3n) is 4.81. The summed E-state index contributed by atoms with van der Waals surface area (Å²) in [6.45, 7) is 8.45. The first-order valence-electron chi connectivity index (χ1n) is 10.3. The lowest BCUT2D eigenvalue weighted by Gasteiger charge is -2.33. The molecule has 1 atom stereocenters. The highest BCUT2D eigenvalue weighted by molar-refractivity contribution is 5.29. The smallest absolute Gasteiger partial charge is 0.396 e.